The van der Waals surface area contributed by atoms with Crippen LogP contribution in [0.15, 0.2) is 33.9 Å². The van der Waals surface area contributed by atoms with Crippen molar-refractivity contribution >= 4 is 11.2 Å². The lowest BCUT2D eigenvalue weighted by Gasteiger charge is -1.97. The van der Waals surface area contributed by atoms with Gasteiger partial charge in [0.15, 0.2) is 5.65 Å². The molecule has 6 heteroatoms. The monoisotopic (exact) mass is 256 g/mol. The molecule has 0 aliphatic rings. The first-order valence-electron chi connectivity index (χ1n) is 5.82. The van der Waals surface area contributed by atoms with Crippen molar-refractivity contribution in [3.05, 3.63) is 50.7 Å². The predicted octanol–water partition coefficient (Wildman–Crippen LogP) is 0.925. The molecule has 0 aliphatic carbocycles. The van der Waals surface area contributed by atoms with Crippen LogP contribution in [0.1, 0.15) is 5.56 Å². The summed E-state index contributed by atoms with van der Waals surface area (Å²) >= 11 is 0. The van der Waals surface area contributed by atoms with E-state index >= 15 is 0 Å². The molecule has 2 N–H and O–H groups in total. The van der Waals surface area contributed by atoms with Gasteiger partial charge in [0.2, 0.25) is 0 Å². The second-order valence-corrected chi connectivity index (χ2v) is 4.47. The van der Waals surface area contributed by atoms with E-state index in [1.54, 1.807) is 7.05 Å². The van der Waals surface area contributed by atoms with Crippen LogP contribution >= 0.6 is 0 Å². The minimum absolute atomic E-state index is 0.304. The van der Waals surface area contributed by atoms with Crippen LogP contribution in [-0.4, -0.2) is 19.5 Å². The number of benzene rings is 1. The summed E-state index contributed by atoms with van der Waals surface area (Å²) in [6, 6.07) is 7.76. The highest BCUT2D eigenvalue weighted by Crippen LogP contribution is 2.18. The Bertz CT molecular complexity index is 886. The summed E-state index contributed by atoms with van der Waals surface area (Å²) in [5.41, 5.74) is 1.71. The van der Waals surface area contributed by atoms with Gasteiger partial charge in [0, 0.05) is 12.6 Å². The summed E-state index contributed by atoms with van der Waals surface area (Å²) < 4.78 is 1.31. The van der Waals surface area contributed by atoms with Crippen molar-refractivity contribution in [2.75, 3.05) is 0 Å². The highest BCUT2D eigenvalue weighted by molar-refractivity contribution is 5.75. The zero-order valence-corrected chi connectivity index (χ0v) is 10.5. The molecule has 3 aromatic rings. The number of rotatable bonds is 1. The highest BCUT2D eigenvalue weighted by atomic mass is 16.2. The number of aryl methyl sites for hydroxylation is 2. The first kappa shape index (κ1) is 11.5. The molecule has 0 amide bonds. The average molecular weight is 256 g/mol. The second-order valence-electron chi connectivity index (χ2n) is 4.47. The first-order chi connectivity index (χ1) is 9.06. The topological polar surface area (TPSA) is 83.5 Å². The van der Waals surface area contributed by atoms with Crippen LogP contribution in [0, 0.1) is 6.92 Å². The zero-order chi connectivity index (χ0) is 13.6. The summed E-state index contributed by atoms with van der Waals surface area (Å²) in [6.45, 7) is 1.98. The van der Waals surface area contributed by atoms with E-state index in [0.717, 1.165) is 11.1 Å². The standard InChI is InChI=1S/C13H12N4O2/c1-7-4-3-5-8(6-7)10-14-9-11(15-10)17(2)13(19)16-12(9)18/h3-6H,1-2H3,(H,14,15)(H,16,18,19). The third-order valence-electron chi connectivity index (χ3n) is 3.05. The number of fused-ring (bicyclic) bond motifs is 1. The summed E-state index contributed by atoms with van der Waals surface area (Å²) in [5, 5.41) is 0. The molecule has 0 saturated heterocycles. The second kappa shape index (κ2) is 3.94. The quantitative estimate of drug-likeness (QED) is 0.679. The molecule has 0 unspecified atom stereocenters. The van der Waals surface area contributed by atoms with E-state index in [1.165, 1.54) is 4.57 Å². The molecule has 1 aromatic carbocycles. The zero-order valence-electron chi connectivity index (χ0n) is 10.5. The lowest BCUT2D eigenvalue weighted by molar-refractivity contribution is 0.832. The highest BCUT2D eigenvalue weighted by Gasteiger charge is 2.11. The maximum Gasteiger partial charge on any atom is 0.329 e. The fourth-order valence-corrected chi connectivity index (χ4v) is 2.03. The van der Waals surface area contributed by atoms with Gasteiger partial charge in [-0.3, -0.25) is 14.3 Å². The predicted molar refractivity (Wildman–Crippen MR) is 72.1 cm³/mol. The van der Waals surface area contributed by atoms with E-state index in [4.69, 9.17) is 0 Å². The smallest absolute Gasteiger partial charge is 0.329 e. The Morgan fingerprint density at radius 3 is 2.74 bits per heavy atom. The van der Waals surface area contributed by atoms with Gasteiger partial charge in [-0.2, -0.15) is 0 Å². The van der Waals surface area contributed by atoms with Gasteiger partial charge in [0.25, 0.3) is 5.56 Å². The van der Waals surface area contributed by atoms with Crippen molar-refractivity contribution in [2.24, 2.45) is 7.05 Å². The Balaban J connectivity index is 2.34. The Kier molecular flexibility index (Phi) is 2.38. The molecule has 0 spiro atoms. The molecule has 0 fully saturated rings. The van der Waals surface area contributed by atoms with Crippen LogP contribution in [0.5, 0.6) is 0 Å². The van der Waals surface area contributed by atoms with Crippen molar-refractivity contribution in [2.45, 2.75) is 6.92 Å². The van der Waals surface area contributed by atoms with E-state index in [1.807, 2.05) is 31.2 Å². The Hall–Kier alpha value is -2.63. The van der Waals surface area contributed by atoms with Gasteiger partial charge in [0.1, 0.15) is 11.3 Å². The number of aromatic nitrogens is 4. The summed E-state index contributed by atoms with van der Waals surface area (Å²) in [5.74, 6) is 0.574. The van der Waals surface area contributed by atoms with Crippen LogP contribution in [-0.2, 0) is 7.05 Å². The van der Waals surface area contributed by atoms with Crippen LogP contribution in [0.25, 0.3) is 22.6 Å². The molecule has 3 rings (SSSR count). The molecule has 0 atom stereocenters. The maximum atomic E-state index is 11.7. The van der Waals surface area contributed by atoms with Crippen LogP contribution in [0.4, 0.5) is 0 Å². The normalized spacial score (nSPS) is 11.1. The number of H-pyrrole nitrogens is 2. The number of nitrogens with one attached hydrogen (secondary N) is 2. The van der Waals surface area contributed by atoms with Crippen LogP contribution in [0.2, 0.25) is 0 Å². The SMILES string of the molecule is Cc1cccc(-c2nc3c([nH]2)c(=O)[nH]c(=O)n3C)c1. The summed E-state index contributed by atoms with van der Waals surface area (Å²) in [4.78, 5) is 32.8. The minimum Gasteiger partial charge on any atom is -0.332 e. The van der Waals surface area contributed by atoms with Crippen molar-refractivity contribution in [1.82, 2.24) is 19.5 Å². The number of nitrogens with zero attached hydrogens (tertiary/aromatic N) is 2. The van der Waals surface area contributed by atoms with Crippen molar-refractivity contribution < 1.29 is 0 Å². The number of imidazole rings is 1. The first-order valence-corrected chi connectivity index (χ1v) is 5.82. The lowest BCUT2D eigenvalue weighted by atomic mass is 10.1. The van der Waals surface area contributed by atoms with Gasteiger partial charge >= 0.3 is 5.69 Å². The van der Waals surface area contributed by atoms with Gasteiger partial charge in [-0.15, -0.1) is 0 Å². The van der Waals surface area contributed by atoms with Crippen molar-refractivity contribution in [1.29, 1.82) is 0 Å². The van der Waals surface area contributed by atoms with Gasteiger partial charge in [-0.05, 0) is 13.0 Å². The minimum atomic E-state index is -0.472. The molecular weight excluding hydrogens is 244 g/mol. The molecule has 2 heterocycles. The third kappa shape index (κ3) is 1.77. The largest absolute Gasteiger partial charge is 0.332 e. The molecule has 0 saturated carbocycles. The van der Waals surface area contributed by atoms with E-state index in [-0.39, 0.29) is 0 Å². The number of hydrogen-bond donors (Lipinski definition) is 2. The van der Waals surface area contributed by atoms with E-state index in [0.29, 0.717) is 17.0 Å². The molecule has 6 nitrogen and oxygen atoms in total. The number of aromatic amines is 2. The van der Waals surface area contributed by atoms with E-state index < -0.39 is 11.2 Å². The molecule has 19 heavy (non-hydrogen) atoms. The van der Waals surface area contributed by atoms with Gasteiger partial charge < -0.3 is 4.98 Å². The van der Waals surface area contributed by atoms with E-state index in [9.17, 15) is 9.59 Å². The van der Waals surface area contributed by atoms with Crippen LogP contribution < -0.4 is 11.2 Å². The lowest BCUT2D eigenvalue weighted by Crippen LogP contribution is -2.28. The van der Waals surface area contributed by atoms with Crippen LogP contribution in [0.3, 0.4) is 0 Å². The molecule has 2 aromatic heterocycles. The Morgan fingerprint density at radius 1 is 1.21 bits per heavy atom. The van der Waals surface area contributed by atoms with Gasteiger partial charge in [0.05, 0.1) is 0 Å². The fraction of sp³-hybridized carbons (Fsp3) is 0.154. The van der Waals surface area contributed by atoms with Crippen molar-refractivity contribution in [3.63, 3.8) is 0 Å². The molecular formula is C13H12N4O2. The molecule has 96 valence electrons. The third-order valence-corrected chi connectivity index (χ3v) is 3.05. The molecule has 0 bridgehead atoms. The molecule has 0 radical (unpaired) electrons. The summed E-state index contributed by atoms with van der Waals surface area (Å²) in [7, 11) is 1.57. The Morgan fingerprint density at radius 2 is 2.00 bits per heavy atom. The van der Waals surface area contributed by atoms with Crippen molar-refractivity contribution in [3.8, 4) is 11.4 Å². The van der Waals surface area contributed by atoms with Gasteiger partial charge in [-0.25, -0.2) is 9.78 Å². The maximum absolute atomic E-state index is 11.7. The average Bonchev–Trinajstić information content (AvgIpc) is 2.82. The number of hydrogen-bond acceptors (Lipinski definition) is 3. The molecule has 0 aliphatic heterocycles. The fourth-order valence-electron chi connectivity index (χ4n) is 2.03. The summed E-state index contributed by atoms with van der Waals surface area (Å²) in [6.07, 6.45) is 0. The van der Waals surface area contributed by atoms with E-state index in [2.05, 4.69) is 15.0 Å². The Labute approximate surface area is 107 Å². The van der Waals surface area contributed by atoms with Gasteiger partial charge in [-0.1, -0.05) is 23.8 Å².